The number of nitro benzene ring substituents is 1. The zero-order valence-corrected chi connectivity index (χ0v) is 9.45. The molecule has 0 aliphatic rings. The van der Waals surface area contributed by atoms with Crippen molar-refractivity contribution in [3.05, 3.63) is 33.9 Å². The van der Waals surface area contributed by atoms with E-state index in [2.05, 4.69) is 0 Å². The van der Waals surface area contributed by atoms with Crippen molar-refractivity contribution in [3.8, 4) is 0 Å². The Morgan fingerprint density at radius 2 is 2.12 bits per heavy atom. The van der Waals surface area contributed by atoms with E-state index in [0.29, 0.717) is 5.69 Å². The highest BCUT2D eigenvalue weighted by Crippen LogP contribution is 2.29. The maximum Gasteiger partial charge on any atom is 0.325 e. The molecule has 0 heterocycles. The normalized spacial score (nSPS) is 11.9. The summed E-state index contributed by atoms with van der Waals surface area (Å²) in [6.07, 6.45) is 0. The number of carboxylic acids is 1. The zero-order valence-electron chi connectivity index (χ0n) is 9.45. The molecule has 17 heavy (non-hydrogen) atoms. The Kier molecular flexibility index (Phi) is 3.64. The molecule has 1 rings (SSSR count). The lowest BCUT2D eigenvalue weighted by Crippen LogP contribution is -2.21. The number of anilines is 1. The van der Waals surface area contributed by atoms with E-state index in [-0.39, 0.29) is 11.3 Å². The molecule has 0 amide bonds. The van der Waals surface area contributed by atoms with Crippen molar-refractivity contribution in [1.29, 1.82) is 0 Å². The van der Waals surface area contributed by atoms with E-state index in [0.717, 1.165) is 0 Å². The highest BCUT2D eigenvalue weighted by atomic mass is 16.6. The molecule has 0 aromatic heterocycles. The standard InChI is InChI=1S/C10H13N3O4/c1-12(2)7-4-3-6(9(11)10(14)15)5-8(7)13(16)17/h3-5,9H,11H2,1-2H3,(H,14,15)/t9-/m0/s1. The summed E-state index contributed by atoms with van der Waals surface area (Å²) in [5, 5.41) is 19.6. The smallest absolute Gasteiger partial charge is 0.325 e. The van der Waals surface area contributed by atoms with Gasteiger partial charge in [-0.2, -0.15) is 0 Å². The first-order valence-corrected chi connectivity index (χ1v) is 4.78. The maximum atomic E-state index is 10.9. The quantitative estimate of drug-likeness (QED) is 0.592. The summed E-state index contributed by atoms with van der Waals surface area (Å²) in [5.74, 6) is -1.23. The number of nitrogens with zero attached hydrogens (tertiary/aromatic N) is 2. The molecule has 0 saturated heterocycles. The molecule has 0 unspecified atom stereocenters. The minimum Gasteiger partial charge on any atom is -0.480 e. The van der Waals surface area contributed by atoms with Crippen LogP contribution < -0.4 is 10.6 Å². The minimum atomic E-state index is -1.26. The number of nitro groups is 1. The van der Waals surface area contributed by atoms with Gasteiger partial charge >= 0.3 is 5.97 Å². The van der Waals surface area contributed by atoms with Gasteiger partial charge in [-0.15, -0.1) is 0 Å². The molecule has 0 saturated carbocycles. The van der Waals surface area contributed by atoms with Crippen molar-refractivity contribution in [2.24, 2.45) is 5.73 Å². The number of carbonyl (C=O) groups is 1. The number of benzene rings is 1. The van der Waals surface area contributed by atoms with Crippen molar-refractivity contribution in [3.63, 3.8) is 0 Å². The van der Waals surface area contributed by atoms with E-state index in [1.807, 2.05) is 0 Å². The van der Waals surface area contributed by atoms with E-state index >= 15 is 0 Å². The van der Waals surface area contributed by atoms with E-state index in [1.165, 1.54) is 18.2 Å². The summed E-state index contributed by atoms with van der Waals surface area (Å²) in [6, 6.07) is 2.89. The molecule has 0 radical (unpaired) electrons. The first kappa shape index (κ1) is 12.9. The van der Waals surface area contributed by atoms with E-state index in [4.69, 9.17) is 10.8 Å². The van der Waals surface area contributed by atoms with E-state index in [9.17, 15) is 14.9 Å². The second kappa shape index (κ2) is 4.79. The van der Waals surface area contributed by atoms with Gasteiger partial charge in [-0.1, -0.05) is 6.07 Å². The molecule has 0 bridgehead atoms. The van der Waals surface area contributed by atoms with Crippen molar-refractivity contribution in [1.82, 2.24) is 0 Å². The number of hydrogen-bond donors (Lipinski definition) is 2. The van der Waals surface area contributed by atoms with Crippen LogP contribution in [-0.4, -0.2) is 30.1 Å². The molecule has 1 atom stereocenters. The largest absolute Gasteiger partial charge is 0.480 e. The Morgan fingerprint density at radius 1 is 1.53 bits per heavy atom. The highest BCUT2D eigenvalue weighted by Gasteiger charge is 2.21. The second-order valence-electron chi connectivity index (χ2n) is 3.72. The van der Waals surface area contributed by atoms with Gasteiger partial charge in [0.25, 0.3) is 5.69 Å². The average molecular weight is 239 g/mol. The Morgan fingerprint density at radius 3 is 2.53 bits per heavy atom. The van der Waals surface area contributed by atoms with Crippen LogP contribution in [0.25, 0.3) is 0 Å². The predicted molar refractivity (Wildman–Crippen MR) is 62.0 cm³/mol. The molecule has 7 heteroatoms. The summed E-state index contributed by atoms with van der Waals surface area (Å²) in [7, 11) is 3.33. The molecule has 0 spiro atoms. The number of nitrogens with two attached hydrogens (primary N) is 1. The van der Waals surface area contributed by atoms with Gasteiger partial charge in [-0.25, -0.2) is 0 Å². The van der Waals surface area contributed by atoms with Crippen LogP contribution in [0.5, 0.6) is 0 Å². The molecule has 0 fully saturated rings. The fraction of sp³-hybridized carbons (Fsp3) is 0.300. The summed E-state index contributed by atoms with van der Waals surface area (Å²) in [5.41, 5.74) is 5.84. The van der Waals surface area contributed by atoms with Crippen LogP contribution in [0.15, 0.2) is 18.2 Å². The average Bonchev–Trinajstić information content (AvgIpc) is 2.26. The molecule has 3 N–H and O–H groups in total. The number of aliphatic carboxylic acids is 1. The third kappa shape index (κ3) is 2.70. The third-order valence-electron chi connectivity index (χ3n) is 2.30. The van der Waals surface area contributed by atoms with Crippen LogP contribution >= 0.6 is 0 Å². The van der Waals surface area contributed by atoms with Crippen LogP contribution in [0.2, 0.25) is 0 Å². The monoisotopic (exact) mass is 239 g/mol. The Bertz CT molecular complexity index is 459. The maximum absolute atomic E-state index is 10.9. The number of carboxylic acid groups (broad SMARTS) is 1. The molecular weight excluding hydrogens is 226 g/mol. The topological polar surface area (TPSA) is 110 Å². The zero-order chi connectivity index (χ0) is 13.2. The van der Waals surface area contributed by atoms with Gasteiger partial charge in [-0.05, 0) is 11.6 Å². The lowest BCUT2D eigenvalue weighted by molar-refractivity contribution is -0.384. The van der Waals surface area contributed by atoms with Gasteiger partial charge < -0.3 is 15.7 Å². The van der Waals surface area contributed by atoms with Crippen molar-refractivity contribution in [2.45, 2.75) is 6.04 Å². The minimum absolute atomic E-state index is 0.163. The van der Waals surface area contributed by atoms with Crippen LogP contribution in [-0.2, 0) is 4.79 Å². The van der Waals surface area contributed by atoms with Gasteiger partial charge in [-0.3, -0.25) is 14.9 Å². The van der Waals surface area contributed by atoms with E-state index in [1.54, 1.807) is 19.0 Å². The first-order chi connectivity index (χ1) is 7.84. The van der Waals surface area contributed by atoms with Crippen molar-refractivity contribution < 1.29 is 14.8 Å². The van der Waals surface area contributed by atoms with Crippen LogP contribution in [0, 0.1) is 10.1 Å². The van der Waals surface area contributed by atoms with Crippen molar-refractivity contribution in [2.75, 3.05) is 19.0 Å². The summed E-state index contributed by atoms with van der Waals surface area (Å²) in [6.45, 7) is 0. The van der Waals surface area contributed by atoms with Crippen LogP contribution in [0.3, 0.4) is 0 Å². The molecule has 92 valence electrons. The second-order valence-corrected chi connectivity index (χ2v) is 3.72. The molecule has 1 aromatic rings. The Labute approximate surface area is 97.6 Å². The van der Waals surface area contributed by atoms with Crippen molar-refractivity contribution >= 4 is 17.3 Å². The van der Waals surface area contributed by atoms with E-state index < -0.39 is 16.9 Å². The molecule has 0 aliphatic carbocycles. The lowest BCUT2D eigenvalue weighted by Gasteiger charge is -2.14. The summed E-state index contributed by atoms with van der Waals surface area (Å²) >= 11 is 0. The van der Waals surface area contributed by atoms with Gasteiger partial charge in [0.05, 0.1) is 4.92 Å². The highest BCUT2D eigenvalue weighted by molar-refractivity contribution is 5.76. The number of hydrogen-bond acceptors (Lipinski definition) is 5. The molecular formula is C10H13N3O4. The predicted octanol–water partition coefficient (Wildman–Crippen LogP) is 0.745. The SMILES string of the molecule is CN(C)c1ccc([C@H](N)C(=O)O)cc1[N+](=O)[O-]. The van der Waals surface area contributed by atoms with Gasteiger partial charge in [0.15, 0.2) is 0 Å². The Balaban J connectivity index is 3.28. The number of rotatable bonds is 4. The van der Waals surface area contributed by atoms with Crippen LogP contribution in [0.1, 0.15) is 11.6 Å². The Hall–Kier alpha value is -2.15. The van der Waals surface area contributed by atoms with Crippen LogP contribution in [0.4, 0.5) is 11.4 Å². The van der Waals surface area contributed by atoms with Gasteiger partial charge in [0.2, 0.25) is 0 Å². The lowest BCUT2D eigenvalue weighted by atomic mass is 10.1. The third-order valence-corrected chi connectivity index (χ3v) is 2.30. The molecule has 0 aliphatic heterocycles. The molecule has 7 nitrogen and oxygen atoms in total. The first-order valence-electron chi connectivity index (χ1n) is 4.78. The molecule has 1 aromatic carbocycles. The fourth-order valence-electron chi connectivity index (χ4n) is 1.40. The summed E-state index contributed by atoms with van der Waals surface area (Å²) in [4.78, 5) is 22.6. The summed E-state index contributed by atoms with van der Waals surface area (Å²) < 4.78 is 0. The fourth-order valence-corrected chi connectivity index (χ4v) is 1.40. The van der Waals surface area contributed by atoms with Gasteiger partial charge in [0, 0.05) is 20.2 Å². The van der Waals surface area contributed by atoms with Gasteiger partial charge in [0.1, 0.15) is 11.7 Å².